The van der Waals surface area contributed by atoms with Gasteiger partial charge in [-0.05, 0) is 0 Å². The first-order valence-electron chi connectivity index (χ1n) is 3.68. The molecular weight excluding hydrogens is 171 g/mol. The number of aromatic nitrogens is 3. The number of pyridine rings is 1. The van der Waals surface area contributed by atoms with Crippen molar-refractivity contribution in [2.24, 2.45) is 0 Å². The predicted octanol–water partition coefficient (Wildman–Crippen LogP) is 0.989. The second-order valence-corrected chi connectivity index (χ2v) is 2.55. The number of hydrogen-bond acceptors (Lipinski definition) is 3. The van der Waals surface area contributed by atoms with Crippen molar-refractivity contribution >= 4 is 5.82 Å². The highest BCUT2D eigenvalue weighted by Gasteiger charge is 1.99. The molecule has 0 unspecified atom stereocenters. The van der Waals surface area contributed by atoms with E-state index in [1.54, 1.807) is 12.3 Å². The summed E-state index contributed by atoms with van der Waals surface area (Å²) >= 11 is 0. The first kappa shape index (κ1) is 7.72. The van der Waals surface area contributed by atoms with Crippen LogP contribution in [0.2, 0.25) is 0 Å². The average molecular weight is 178 g/mol. The van der Waals surface area contributed by atoms with Gasteiger partial charge in [-0.2, -0.15) is 5.10 Å². The Labute approximate surface area is 73.8 Å². The molecule has 0 amide bonds. The number of halogens is 1. The third-order valence-electron chi connectivity index (χ3n) is 1.56. The van der Waals surface area contributed by atoms with E-state index in [2.05, 4.69) is 10.1 Å². The average Bonchev–Trinajstić information content (AvgIpc) is 2.52. The number of nitrogens with zero attached hydrogens (tertiary/aromatic N) is 3. The molecule has 0 bridgehead atoms. The molecule has 0 atom stereocenters. The standard InChI is InChI=1S/C8H7FN4/c9-6-3-7(5-11-4-6)13-2-1-8(10)12-13/h1-5H,(H2,10,12). The Bertz CT molecular complexity index is 424. The molecule has 0 aliphatic rings. The maximum Gasteiger partial charge on any atom is 0.145 e. The van der Waals surface area contributed by atoms with E-state index in [4.69, 9.17) is 5.73 Å². The Kier molecular flexibility index (Phi) is 1.70. The van der Waals surface area contributed by atoms with Gasteiger partial charge >= 0.3 is 0 Å². The summed E-state index contributed by atoms with van der Waals surface area (Å²) in [5.41, 5.74) is 5.96. The predicted molar refractivity (Wildman–Crippen MR) is 45.7 cm³/mol. The van der Waals surface area contributed by atoms with E-state index in [0.29, 0.717) is 11.5 Å². The van der Waals surface area contributed by atoms with Crippen molar-refractivity contribution in [1.29, 1.82) is 0 Å². The lowest BCUT2D eigenvalue weighted by Gasteiger charge is -1.98. The van der Waals surface area contributed by atoms with Gasteiger partial charge in [0.05, 0.1) is 18.1 Å². The lowest BCUT2D eigenvalue weighted by Crippen LogP contribution is -1.97. The molecule has 66 valence electrons. The van der Waals surface area contributed by atoms with Crippen LogP contribution in [-0.2, 0) is 0 Å². The van der Waals surface area contributed by atoms with Gasteiger partial charge < -0.3 is 5.73 Å². The summed E-state index contributed by atoms with van der Waals surface area (Å²) in [6, 6.07) is 2.96. The Morgan fingerprint density at radius 2 is 2.23 bits per heavy atom. The van der Waals surface area contributed by atoms with Crippen LogP contribution in [0.5, 0.6) is 0 Å². The maximum atomic E-state index is 12.7. The van der Waals surface area contributed by atoms with Gasteiger partial charge in [0.1, 0.15) is 11.6 Å². The summed E-state index contributed by atoms with van der Waals surface area (Å²) in [4.78, 5) is 3.69. The topological polar surface area (TPSA) is 56.7 Å². The minimum atomic E-state index is -0.397. The van der Waals surface area contributed by atoms with Crippen molar-refractivity contribution in [2.45, 2.75) is 0 Å². The molecule has 0 fully saturated rings. The lowest BCUT2D eigenvalue weighted by atomic mass is 10.4. The first-order chi connectivity index (χ1) is 6.25. The highest BCUT2D eigenvalue weighted by atomic mass is 19.1. The normalized spacial score (nSPS) is 10.2. The molecule has 0 aliphatic heterocycles. The molecule has 2 heterocycles. The summed E-state index contributed by atoms with van der Waals surface area (Å²) in [5.74, 6) is -0.00386. The molecule has 0 radical (unpaired) electrons. The molecule has 2 aromatic heterocycles. The number of rotatable bonds is 1. The van der Waals surface area contributed by atoms with E-state index in [0.717, 1.165) is 6.20 Å². The van der Waals surface area contributed by atoms with Gasteiger partial charge in [-0.3, -0.25) is 4.98 Å². The molecule has 0 aliphatic carbocycles. The molecule has 5 heteroatoms. The Balaban J connectivity index is 2.46. The fourth-order valence-electron chi connectivity index (χ4n) is 1.01. The van der Waals surface area contributed by atoms with Crippen LogP contribution in [0.4, 0.5) is 10.2 Å². The van der Waals surface area contributed by atoms with Gasteiger partial charge in [0.2, 0.25) is 0 Å². The third-order valence-corrected chi connectivity index (χ3v) is 1.56. The van der Waals surface area contributed by atoms with Crippen LogP contribution in [0.3, 0.4) is 0 Å². The second-order valence-electron chi connectivity index (χ2n) is 2.55. The minimum absolute atomic E-state index is 0.393. The van der Waals surface area contributed by atoms with Gasteiger partial charge in [0.15, 0.2) is 0 Å². The highest BCUT2D eigenvalue weighted by molar-refractivity contribution is 5.32. The van der Waals surface area contributed by atoms with Crippen LogP contribution in [-0.4, -0.2) is 14.8 Å². The summed E-state index contributed by atoms with van der Waals surface area (Å²) < 4.78 is 14.2. The van der Waals surface area contributed by atoms with Crippen molar-refractivity contribution in [3.8, 4) is 5.69 Å². The summed E-state index contributed by atoms with van der Waals surface area (Å²) in [6.45, 7) is 0. The minimum Gasteiger partial charge on any atom is -0.382 e. The molecular formula is C8H7FN4. The molecule has 0 saturated carbocycles. The summed E-state index contributed by atoms with van der Waals surface area (Å²) in [7, 11) is 0. The Hall–Kier alpha value is -1.91. The van der Waals surface area contributed by atoms with Crippen molar-refractivity contribution in [1.82, 2.24) is 14.8 Å². The van der Waals surface area contributed by atoms with Crippen LogP contribution < -0.4 is 5.73 Å². The SMILES string of the molecule is Nc1ccn(-c2cncc(F)c2)n1. The molecule has 0 spiro atoms. The van der Waals surface area contributed by atoms with Crippen LogP contribution >= 0.6 is 0 Å². The van der Waals surface area contributed by atoms with E-state index in [1.165, 1.54) is 16.9 Å². The zero-order valence-corrected chi connectivity index (χ0v) is 6.68. The van der Waals surface area contributed by atoms with E-state index in [-0.39, 0.29) is 0 Å². The largest absolute Gasteiger partial charge is 0.382 e. The lowest BCUT2D eigenvalue weighted by molar-refractivity contribution is 0.618. The van der Waals surface area contributed by atoms with Gasteiger partial charge in [-0.25, -0.2) is 9.07 Å². The smallest absolute Gasteiger partial charge is 0.145 e. The number of nitrogens with two attached hydrogens (primary N) is 1. The van der Waals surface area contributed by atoms with E-state index >= 15 is 0 Å². The molecule has 2 N–H and O–H groups in total. The highest BCUT2D eigenvalue weighted by Crippen LogP contribution is 2.07. The molecule has 4 nitrogen and oxygen atoms in total. The molecule has 2 aromatic rings. The zero-order valence-electron chi connectivity index (χ0n) is 6.68. The first-order valence-corrected chi connectivity index (χ1v) is 3.68. The third kappa shape index (κ3) is 1.48. The molecule has 0 saturated heterocycles. The van der Waals surface area contributed by atoms with Gasteiger partial charge in [-0.15, -0.1) is 0 Å². The van der Waals surface area contributed by atoms with E-state index < -0.39 is 5.82 Å². The van der Waals surface area contributed by atoms with Crippen molar-refractivity contribution in [3.63, 3.8) is 0 Å². The van der Waals surface area contributed by atoms with Gasteiger partial charge in [-0.1, -0.05) is 0 Å². The molecule has 13 heavy (non-hydrogen) atoms. The van der Waals surface area contributed by atoms with E-state index in [1.807, 2.05) is 0 Å². The Morgan fingerprint density at radius 3 is 2.85 bits per heavy atom. The van der Waals surface area contributed by atoms with Crippen molar-refractivity contribution < 1.29 is 4.39 Å². The van der Waals surface area contributed by atoms with Crippen LogP contribution in [0.15, 0.2) is 30.7 Å². The van der Waals surface area contributed by atoms with Gasteiger partial charge in [0, 0.05) is 18.3 Å². The molecule has 0 aromatic carbocycles. The number of hydrogen-bond donors (Lipinski definition) is 1. The number of nitrogen functional groups attached to an aromatic ring is 1. The number of anilines is 1. The van der Waals surface area contributed by atoms with Crippen molar-refractivity contribution in [3.05, 3.63) is 36.5 Å². The second kappa shape index (κ2) is 2.85. The van der Waals surface area contributed by atoms with Crippen LogP contribution in [0.1, 0.15) is 0 Å². The van der Waals surface area contributed by atoms with Crippen molar-refractivity contribution in [2.75, 3.05) is 5.73 Å². The Morgan fingerprint density at radius 1 is 1.38 bits per heavy atom. The zero-order chi connectivity index (χ0) is 9.26. The summed E-state index contributed by atoms with van der Waals surface area (Å²) in [5, 5.41) is 3.91. The maximum absolute atomic E-state index is 12.7. The fraction of sp³-hybridized carbons (Fsp3) is 0. The fourth-order valence-corrected chi connectivity index (χ4v) is 1.01. The van der Waals surface area contributed by atoms with Gasteiger partial charge in [0.25, 0.3) is 0 Å². The van der Waals surface area contributed by atoms with Crippen LogP contribution in [0.25, 0.3) is 5.69 Å². The monoisotopic (exact) mass is 178 g/mol. The quantitative estimate of drug-likeness (QED) is 0.708. The molecule has 2 rings (SSSR count). The summed E-state index contributed by atoms with van der Waals surface area (Å²) in [6.07, 6.45) is 4.29. The van der Waals surface area contributed by atoms with Crippen LogP contribution in [0, 0.1) is 5.82 Å². The van der Waals surface area contributed by atoms with E-state index in [9.17, 15) is 4.39 Å².